The number of sulfonamides is 1. The number of aromatic nitrogens is 1. The first-order valence-electron chi connectivity index (χ1n) is 9.00. The molecule has 1 aliphatic rings. The maximum absolute atomic E-state index is 13.6. The Kier molecular flexibility index (Phi) is 4.87. The van der Waals surface area contributed by atoms with Crippen LogP contribution in [-0.2, 0) is 16.6 Å². The van der Waals surface area contributed by atoms with Crippen LogP contribution in [0.15, 0.2) is 71.8 Å². The zero-order valence-electron chi connectivity index (χ0n) is 15.8. The molecule has 0 unspecified atom stereocenters. The van der Waals surface area contributed by atoms with E-state index in [1.54, 1.807) is 16.4 Å². The van der Waals surface area contributed by atoms with Gasteiger partial charge < -0.3 is 14.0 Å². The highest BCUT2D eigenvalue weighted by Crippen LogP contribution is 2.38. The van der Waals surface area contributed by atoms with E-state index in [2.05, 4.69) is 4.57 Å². The van der Waals surface area contributed by atoms with Gasteiger partial charge in [-0.05, 0) is 29.8 Å². The molecule has 3 aromatic rings. The number of hydrogen-bond donors (Lipinski definition) is 0. The van der Waals surface area contributed by atoms with Gasteiger partial charge in [0, 0.05) is 31.0 Å². The standard InChI is InChI=1S/C21H22N2O4S/c1-26-19-11-10-17(15-20(19)27-2)28(24,25)23-14-13-22-12-6-9-18(22)21(23)16-7-4-3-5-8-16/h3-12,15,21H,13-14H2,1-2H3/t21-/m1/s1. The number of methoxy groups -OCH3 is 2. The average Bonchev–Trinajstić information content (AvgIpc) is 3.22. The van der Waals surface area contributed by atoms with Crippen LogP contribution in [0.4, 0.5) is 0 Å². The molecule has 0 spiro atoms. The second kappa shape index (κ2) is 7.33. The second-order valence-corrected chi connectivity index (χ2v) is 8.46. The van der Waals surface area contributed by atoms with E-state index >= 15 is 0 Å². The quantitative estimate of drug-likeness (QED) is 0.662. The third-order valence-corrected chi connectivity index (χ3v) is 6.93. The van der Waals surface area contributed by atoms with E-state index < -0.39 is 10.0 Å². The molecule has 0 N–H and O–H groups in total. The topological polar surface area (TPSA) is 60.8 Å². The van der Waals surface area contributed by atoms with Gasteiger partial charge in [-0.1, -0.05) is 30.3 Å². The molecule has 0 amide bonds. The van der Waals surface area contributed by atoms with E-state index in [0.717, 1.165) is 11.3 Å². The molecule has 0 saturated carbocycles. The first-order valence-corrected chi connectivity index (χ1v) is 10.4. The Labute approximate surface area is 165 Å². The molecule has 6 nitrogen and oxygen atoms in total. The van der Waals surface area contributed by atoms with Gasteiger partial charge in [-0.15, -0.1) is 0 Å². The molecule has 28 heavy (non-hydrogen) atoms. The molecule has 0 saturated heterocycles. The van der Waals surface area contributed by atoms with Crippen molar-refractivity contribution in [1.82, 2.24) is 8.87 Å². The Morgan fingerprint density at radius 2 is 1.64 bits per heavy atom. The Morgan fingerprint density at radius 1 is 0.893 bits per heavy atom. The maximum atomic E-state index is 13.6. The minimum Gasteiger partial charge on any atom is -0.493 e. The molecule has 1 aliphatic heterocycles. The molecule has 7 heteroatoms. The summed E-state index contributed by atoms with van der Waals surface area (Å²) in [5.41, 5.74) is 1.90. The summed E-state index contributed by atoms with van der Waals surface area (Å²) in [6.07, 6.45) is 1.99. The van der Waals surface area contributed by atoms with Gasteiger partial charge in [0.25, 0.3) is 0 Å². The zero-order valence-corrected chi connectivity index (χ0v) is 16.6. The van der Waals surface area contributed by atoms with Gasteiger partial charge in [0.05, 0.1) is 25.2 Å². The number of nitrogens with zero attached hydrogens (tertiary/aromatic N) is 2. The van der Waals surface area contributed by atoms with Crippen LogP contribution in [0.2, 0.25) is 0 Å². The molecule has 0 radical (unpaired) electrons. The summed E-state index contributed by atoms with van der Waals surface area (Å²) in [5.74, 6) is 0.883. The van der Waals surface area contributed by atoms with E-state index in [4.69, 9.17) is 9.47 Å². The van der Waals surface area contributed by atoms with Crippen molar-refractivity contribution in [2.45, 2.75) is 17.5 Å². The Morgan fingerprint density at radius 3 is 2.36 bits per heavy atom. The molecule has 4 rings (SSSR count). The van der Waals surface area contributed by atoms with Crippen LogP contribution >= 0.6 is 0 Å². The Balaban J connectivity index is 1.82. The predicted molar refractivity (Wildman–Crippen MR) is 106 cm³/mol. The van der Waals surface area contributed by atoms with Crippen molar-refractivity contribution in [2.75, 3.05) is 20.8 Å². The van der Waals surface area contributed by atoms with E-state index in [1.165, 1.54) is 20.3 Å². The summed E-state index contributed by atoms with van der Waals surface area (Å²) >= 11 is 0. The first-order chi connectivity index (χ1) is 13.6. The fourth-order valence-electron chi connectivity index (χ4n) is 3.71. The third-order valence-electron chi connectivity index (χ3n) is 5.07. The van der Waals surface area contributed by atoms with Crippen molar-refractivity contribution < 1.29 is 17.9 Å². The Hall–Kier alpha value is -2.77. The third kappa shape index (κ3) is 3.06. The van der Waals surface area contributed by atoms with Crippen LogP contribution in [0, 0.1) is 0 Å². The SMILES string of the molecule is COc1ccc(S(=O)(=O)N2CCn3cccc3[C@H]2c2ccccc2)cc1OC. The molecule has 0 bridgehead atoms. The van der Waals surface area contributed by atoms with Crippen molar-refractivity contribution in [2.24, 2.45) is 0 Å². The van der Waals surface area contributed by atoms with Crippen LogP contribution in [-0.4, -0.2) is 38.1 Å². The lowest BCUT2D eigenvalue weighted by Crippen LogP contribution is -2.42. The van der Waals surface area contributed by atoms with Gasteiger partial charge in [0.15, 0.2) is 11.5 Å². The van der Waals surface area contributed by atoms with Crippen LogP contribution in [0.5, 0.6) is 11.5 Å². The highest BCUT2D eigenvalue weighted by Gasteiger charge is 2.37. The van der Waals surface area contributed by atoms with Gasteiger partial charge in [0.1, 0.15) is 0 Å². The van der Waals surface area contributed by atoms with E-state index in [9.17, 15) is 8.42 Å². The summed E-state index contributed by atoms with van der Waals surface area (Å²) in [7, 11) is -0.734. The van der Waals surface area contributed by atoms with Gasteiger partial charge in [-0.3, -0.25) is 0 Å². The summed E-state index contributed by atoms with van der Waals surface area (Å²) < 4.78 is 41.4. The molecule has 1 aromatic heterocycles. The van der Waals surface area contributed by atoms with Crippen LogP contribution in [0.25, 0.3) is 0 Å². The predicted octanol–water partition coefficient (Wildman–Crippen LogP) is 3.30. The molecule has 2 heterocycles. The smallest absolute Gasteiger partial charge is 0.244 e. The lowest BCUT2D eigenvalue weighted by molar-refractivity contribution is 0.298. The fraction of sp³-hybridized carbons (Fsp3) is 0.238. The molecule has 1 atom stereocenters. The van der Waals surface area contributed by atoms with E-state index in [-0.39, 0.29) is 10.9 Å². The van der Waals surface area contributed by atoms with Crippen LogP contribution in [0.1, 0.15) is 17.3 Å². The molecule has 146 valence electrons. The molecular formula is C21H22N2O4S. The van der Waals surface area contributed by atoms with Gasteiger partial charge >= 0.3 is 0 Å². The summed E-state index contributed by atoms with van der Waals surface area (Å²) in [6, 6.07) is 18.0. The fourth-order valence-corrected chi connectivity index (χ4v) is 5.30. The van der Waals surface area contributed by atoms with Crippen molar-refractivity contribution in [3.8, 4) is 11.5 Å². The molecule has 0 fully saturated rings. The molecule has 0 aliphatic carbocycles. The normalized spacial score (nSPS) is 17.1. The summed E-state index contributed by atoms with van der Waals surface area (Å²) in [4.78, 5) is 0.186. The highest BCUT2D eigenvalue weighted by atomic mass is 32.2. The van der Waals surface area contributed by atoms with Crippen LogP contribution in [0.3, 0.4) is 0 Å². The van der Waals surface area contributed by atoms with Crippen molar-refractivity contribution in [3.05, 3.63) is 78.1 Å². The zero-order chi connectivity index (χ0) is 19.7. The van der Waals surface area contributed by atoms with E-state index in [1.807, 2.05) is 48.7 Å². The monoisotopic (exact) mass is 398 g/mol. The van der Waals surface area contributed by atoms with Crippen LogP contribution < -0.4 is 9.47 Å². The van der Waals surface area contributed by atoms with Gasteiger partial charge in [-0.2, -0.15) is 4.31 Å². The first kappa shape index (κ1) is 18.6. The molecular weight excluding hydrogens is 376 g/mol. The number of hydrogen-bond acceptors (Lipinski definition) is 4. The lowest BCUT2D eigenvalue weighted by atomic mass is 10.0. The largest absolute Gasteiger partial charge is 0.493 e. The van der Waals surface area contributed by atoms with Gasteiger partial charge in [0.2, 0.25) is 10.0 Å². The molecule has 2 aromatic carbocycles. The number of fused-ring (bicyclic) bond motifs is 1. The number of benzene rings is 2. The summed E-state index contributed by atoms with van der Waals surface area (Å²) in [5, 5.41) is 0. The van der Waals surface area contributed by atoms with E-state index in [0.29, 0.717) is 24.6 Å². The maximum Gasteiger partial charge on any atom is 0.244 e. The minimum atomic E-state index is -3.75. The van der Waals surface area contributed by atoms with Crippen molar-refractivity contribution >= 4 is 10.0 Å². The van der Waals surface area contributed by atoms with Crippen molar-refractivity contribution in [1.29, 1.82) is 0 Å². The minimum absolute atomic E-state index is 0.186. The Bertz CT molecular complexity index is 1080. The van der Waals surface area contributed by atoms with Gasteiger partial charge in [-0.25, -0.2) is 8.42 Å². The van der Waals surface area contributed by atoms with Crippen molar-refractivity contribution in [3.63, 3.8) is 0 Å². The lowest BCUT2D eigenvalue weighted by Gasteiger charge is -2.36. The summed E-state index contributed by atoms with van der Waals surface area (Å²) in [6.45, 7) is 0.996. The second-order valence-electron chi connectivity index (χ2n) is 6.57. The average molecular weight is 398 g/mol. The highest BCUT2D eigenvalue weighted by molar-refractivity contribution is 7.89. The number of rotatable bonds is 5. The number of ether oxygens (including phenoxy) is 2.